The summed E-state index contributed by atoms with van der Waals surface area (Å²) in [6.07, 6.45) is -3.92. The lowest BCUT2D eigenvalue weighted by atomic mass is 10.1. The van der Waals surface area contributed by atoms with Crippen molar-refractivity contribution < 1.29 is 33.3 Å². The second kappa shape index (κ2) is 7.34. The Morgan fingerprint density at radius 2 is 1.92 bits per heavy atom. The smallest absolute Gasteiger partial charge is 0.411 e. The van der Waals surface area contributed by atoms with E-state index in [1.165, 1.54) is 0 Å². The second-order valence-electron chi connectivity index (χ2n) is 6.85. The van der Waals surface area contributed by atoms with Gasteiger partial charge in [0.1, 0.15) is 34.7 Å². The van der Waals surface area contributed by atoms with Crippen LogP contribution >= 0.6 is 11.6 Å². The quantitative estimate of drug-likeness (QED) is 0.668. The maximum atomic E-state index is 14.0. The molecule has 0 aromatic heterocycles. The van der Waals surface area contributed by atoms with E-state index in [4.69, 9.17) is 16.3 Å². The lowest BCUT2D eigenvalue weighted by Gasteiger charge is -2.28. The molecule has 0 unspecified atom stereocenters. The molecular formula is C16H19ClF2N2O5. The zero-order valence-electron chi connectivity index (χ0n) is 14.3. The number of aliphatic hydroxyl groups excluding tert-OH is 2. The summed E-state index contributed by atoms with van der Waals surface area (Å²) in [7, 11) is 0. The van der Waals surface area contributed by atoms with Crippen molar-refractivity contribution in [3.8, 4) is 0 Å². The fraction of sp³-hybridized carbons (Fsp3) is 0.500. The lowest BCUT2D eigenvalue weighted by molar-refractivity contribution is -0.123. The summed E-state index contributed by atoms with van der Waals surface area (Å²) >= 11 is 5.45. The van der Waals surface area contributed by atoms with Crippen LogP contribution in [0, 0.1) is 11.6 Å². The van der Waals surface area contributed by atoms with Gasteiger partial charge in [-0.3, -0.25) is 9.69 Å². The molecule has 0 radical (unpaired) electrons. The van der Waals surface area contributed by atoms with Crippen molar-refractivity contribution in [3.05, 3.63) is 28.8 Å². The highest BCUT2D eigenvalue weighted by atomic mass is 35.5. The third-order valence-corrected chi connectivity index (χ3v) is 3.97. The number of amides is 2. The summed E-state index contributed by atoms with van der Waals surface area (Å²) in [6, 6.07) is 0.277. The minimum Gasteiger partial charge on any atom is -0.444 e. The number of aliphatic hydroxyl groups is 2. The van der Waals surface area contributed by atoms with Gasteiger partial charge in [-0.05, 0) is 32.9 Å². The predicted molar refractivity (Wildman–Crippen MR) is 88.7 cm³/mol. The van der Waals surface area contributed by atoms with Crippen LogP contribution in [0.5, 0.6) is 0 Å². The summed E-state index contributed by atoms with van der Waals surface area (Å²) in [5.74, 6) is -3.19. The number of nitrogens with one attached hydrogen (secondary N) is 1. The minimum absolute atomic E-state index is 0.346. The van der Waals surface area contributed by atoms with E-state index >= 15 is 0 Å². The van der Waals surface area contributed by atoms with Gasteiger partial charge in [-0.25, -0.2) is 13.6 Å². The molecule has 1 aromatic rings. The van der Waals surface area contributed by atoms with E-state index in [-0.39, 0.29) is 6.54 Å². The Balaban J connectivity index is 2.24. The molecule has 1 heterocycles. The Bertz CT molecular complexity index is 725. The molecule has 26 heavy (non-hydrogen) atoms. The summed E-state index contributed by atoms with van der Waals surface area (Å²) in [5.41, 5.74) is -1.30. The fourth-order valence-corrected chi connectivity index (χ4v) is 2.62. The van der Waals surface area contributed by atoms with Gasteiger partial charge in [0.25, 0.3) is 0 Å². The zero-order valence-corrected chi connectivity index (χ0v) is 15.1. The van der Waals surface area contributed by atoms with E-state index in [0.717, 1.165) is 17.0 Å². The van der Waals surface area contributed by atoms with Gasteiger partial charge < -0.3 is 20.3 Å². The highest BCUT2D eigenvalue weighted by Crippen LogP contribution is 2.27. The van der Waals surface area contributed by atoms with Crippen molar-refractivity contribution in [3.63, 3.8) is 0 Å². The molecule has 1 saturated heterocycles. The average molecular weight is 393 g/mol. The number of likely N-dealkylation sites (tertiary alicyclic amines) is 1. The molecule has 1 aliphatic heterocycles. The molecule has 1 aromatic carbocycles. The van der Waals surface area contributed by atoms with Gasteiger partial charge in [-0.1, -0.05) is 11.6 Å². The Morgan fingerprint density at radius 1 is 1.31 bits per heavy atom. The van der Waals surface area contributed by atoms with Gasteiger partial charge in [-0.15, -0.1) is 0 Å². The fourth-order valence-electron chi connectivity index (χ4n) is 2.45. The third kappa shape index (κ3) is 4.22. The summed E-state index contributed by atoms with van der Waals surface area (Å²) in [6.45, 7) is 4.48. The largest absolute Gasteiger partial charge is 0.444 e. The van der Waals surface area contributed by atoms with Crippen LogP contribution in [0.15, 0.2) is 12.1 Å². The van der Waals surface area contributed by atoms with Crippen molar-refractivity contribution in [1.82, 2.24) is 4.90 Å². The molecule has 144 valence electrons. The van der Waals surface area contributed by atoms with Crippen LogP contribution in [0.2, 0.25) is 5.02 Å². The number of carbonyl (C=O) groups excluding carboxylic acids is 2. The number of rotatable bonds is 2. The summed E-state index contributed by atoms with van der Waals surface area (Å²) in [4.78, 5) is 25.6. The molecule has 2 amide bonds. The topological polar surface area (TPSA) is 99.1 Å². The number of benzene rings is 1. The Labute approximate surface area is 153 Å². The first-order valence-electron chi connectivity index (χ1n) is 7.72. The minimum atomic E-state index is -1.61. The van der Waals surface area contributed by atoms with Gasteiger partial charge in [0.05, 0.1) is 12.2 Å². The number of anilines is 1. The monoisotopic (exact) mass is 392 g/mol. The Morgan fingerprint density at radius 3 is 2.50 bits per heavy atom. The lowest BCUT2D eigenvalue weighted by Crippen LogP contribution is -2.49. The number of hydrogen-bond acceptors (Lipinski definition) is 5. The van der Waals surface area contributed by atoms with Gasteiger partial charge in [0.15, 0.2) is 5.82 Å². The summed E-state index contributed by atoms with van der Waals surface area (Å²) < 4.78 is 32.3. The van der Waals surface area contributed by atoms with Crippen LogP contribution in [-0.4, -0.2) is 57.5 Å². The van der Waals surface area contributed by atoms with Crippen LogP contribution < -0.4 is 5.32 Å². The molecular weight excluding hydrogens is 374 g/mol. The van der Waals surface area contributed by atoms with E-state index in [1.807, 2.05) is 0 Å². The van der Waals surface area contributed by atoms with Gasteiger partial charge in [0.2, 0.25) is 5.91 Å². The highest BCUT2D eigenvalue weighted by molar-refractivity contribution is 6.31. The van der Waals surface area contributed by atoms with E-state index in [2.05, 4.69) is 5.32 Å². The van der Waals surface area contributed by atoms with Crippen LogP contribution in [0.4, 0.5) is 19.3 Å². The van der Waals surface area contributed by atoms with Crippen LogP contribution in [-0.2, 0) is 9.53 Å². The highest BCUT2D eigenvalue weighted by Gasteiger charge is 2.48. The molecule has 2 rings (SSSR count). The van der Waals surface area contributed by atoms with Crippen LogP contribution in [0.1, 0.15) is 20.8 Å². The van der Waals surface area contributed by atoms with E-state index in [9.17, 15) is 28.6 Å². The van der Waals surface area contributed by atoms with Crippen molar-refractivity contribution in [1.29, 1.82) is 0 Å². The predicted octanol–water partition coefficient (Wildman–Crippen LogP) is 1.90. The normalized spacial score (nSPS) is 23.1. The van der Waals surface area contributed by atoms with Gasteiger partial charge in [0, 0.05) is 0 Å². The molecule has 0 bridgehead atoms. The number of ether oxygens (including phenoxy) is 1. The molecule has 10 heteroatoms. The van der Waals surface area contributed by atoms with Crippen molar-refractivity contribution in [2.24, 2.45) is 0 Å². The Kier molecular flexibility index (Phi) is 5.74. The number of carbonyl (C=O) groups is 2. The molecule has 3 N–H and O–H groups in total. The molecule has 0 spiro atoms. The molecule has 7 nitrogen and oxygen atoms in total. The number of halogens is 3. The molecule has 0 saturated carbocycles. The average Bonchev–Trinajstić information content (AvgIpc) is 2.82. The van der Waals surface area contributed by atoms with E-state index in [1.54, 1.807) is 20.8 Å². The van der Waals surface area contributed by atoms with E-state index in [0.29, 0.717) is 0 Å². The Hall–Kier alpha value is -1.97. The van der Waals surface area contributed by atoms with Crippen molar-refractivity contribution in [2.45, 2.75) is 44.6 Å². The first-order valence-corrected chi connectivity index (χ1v) is 8.10. The number of hydrogen-bond donors (Lipinski definition) is 3. The van der Waals surface area contributed by atoms with Crippen LogP contribution in [0.3, 0.4) is 0 Å². The number of β-amino-alcohol motifs (C(OH)–C–C–N with tert-alkyl or cyclic N) is 1. The number of nitrogens with zero attached hydrogens (tertiary/aromatic N) is 1. The van der Waals surface area contributed by atoms with Crippen LogP contribution in [0.25, 0.3) is 0 Å². The molecule has 0 aliphatic carbocycles. The molecule has 1 fully saturated rings. The first-order chi connectivity index (χ1) is 11.9. The van der Waals surface area contributed by atoms with Gasteiger partial charge in [-0.2, -0.15) is 0 Å². The maximum absolute atomic E-state index is 14.0. The van der Waals surface area contributed by atoms with E-state index < -0.39 is 58.2 Å². The second-order valence-corrected chi connectivity index (χ2v) is 7.23. The first kappa shape index (κ1) is 20.3. The third-order valence-electron chi connectivity index (χ3n) is 3.63. The standard InChI is InChI=1S/C16H19ClF2N2O5/c1-16(2,3)26-15(25)21-6-9(22)13(23)12(21)14(24)20-8-5-4-7(18)10(17)11(8)19/h4-5,9,12-13,22-23H,6H2,1-3H3,(H,20,24)/t9-,12-,13+/m1/s1. The van der Waals surface area contributed by atoms with Crippen molar-refractivity contribution in [2.75, 3.05) is 11.9 Å². The molecule has 1 aliphatic rings. The summed E-state index contributed by atoms with van der Waals surface area (Å²) in [5, 5.41) is 21.2. The SMILES string of the molecule is CC(C)(C)OC(=O)N1C[C@@H](O)[C@H](O)[C@@H]1C(=O)Nc1ccc(F)c(Cl)c1F. The van der Waals surface area contributed by atoms with Crippen molar-refractivity contribution >= 4 is 29.3 Å². The zero-order chi connectivity index (χ0) is 19.8. The van der Waals surface area contributed by atoms with Gasteiger partial charge >= 0.3 is 6.09 Å². The molecule has 3 atom stereocenters. The maximum Gasteiger partial charge on any atom is 0.411 e.